The third kappa shape index (κ3) is 7.81. The first-order valence-corrected chi connectivity index (χ1v) is 12.9. The molecule has 1 aliphatic heterocycles. The molecule has 1 saturated heterocycles. The van der Waals surface area contributed by atoms with Crippen molar-refractivity contribution in [3.8, 4) is 11.5 Å². The molecule has 200 valence electrons. The van der Waals surface area contributed by atoms with Crippen molar-refractivity contribution < 1.29 is 23.8 Å². The molecule has 3 aromatic carbocycles. The van der Waals surface area contributed by atoms with Crippen molar-refractivity contribution >= 4 is 11.8 Å². The van der Waals surface area contributed by atoms with Gasteiger partial charge in [-0.25, -0.2) is 0 Å². The predicted molar refractivity (Wildman–Crippen MR) is 145 cm³/mol. The van der Waals surface area contributed by atoms with Gasteiger partial charge >= 0.3 is 0 Å². The molecule has 4 rings (SSSR count). The second-order valence-electron chi connectivity index (χ2n) is 9.03. The number of ether oxygens (including phenoxy) is 3. The lowest BCUT2D eigenvalue weighted by Gasteiger charge is -2.32. The second kappa shape index (κ2) is 14.2. The summed E-state index contributed by atoms with van der Waals surface area (Å²) in [7, 11) is 1.61. The van der Waals surface area contributed by atoms with Crippen molar-refractivity contribution in [2.24, 2.45) is 0 Å². The van der Waals surface area contributed by atoms with Crippen molar-refractivity contribution in [2.75, 3.05) is 53.1 Å². The van der Waals surface area contributed by atoms with Gasteiger partial charge in [0, 0.05) is 32.7 Å². The van der Waals surface area contributed by atoms with E-state index >= 15 is 0 Å². The summed E-state index contributed by atoms with van der Waals surface area (Å²) in [6.07, 6.45) is 0. The molecular formula is C30H35N3O5. The van der Waals surface area contributed by atoms with Gasteiger partial charge in [-0.05, 0) is 35.4 Å². The zero-order valence-electron chi connectivity index (χ0n) is 21.8. The number of amides is 2. The second-order valence-corrected chi connectivity index (χ2v) is 9.03. The molecule has 1 fully saturated rings. The Morgan fingerprint density at radius 3 is 2.24 bits per heavy atom. The van der Waals surface area contributed by atoms with Crippen LogP contribution < -0.4 is 14.8 Å². The average Bonchev–Trinajstić information content (AvgIpc) is 2.97. The van der Waals surface area contributed by atoms with Gasteiger partial charge < -0.3 is 24.4 Å². The van der Waals surface area contributed by atoms with E-state index in [1.54, 1.807) is 24.1 Å². The monoisotopic (exact) mass is 517 g/mol. The molecule has 0 aromatic heterocycles. The van der Waals surface area contributed by atoms with Crippen LogP contribution in [-0.4, -0.2) is 74.7 Å². The summed E-state index contributed by atoms with van der Waals surface area (Å²) in [5, 5.41) is 3.07. The molecule has 0 spiro atoms. The first-order chi connectivity index (χ1) is 18.6. The Kier molecular flexibility index (Phi) is 10.1. The highest BCUT2D eigenvalue weighted by Gasteiger charge is 2.32. The molecule has 0 aliphatic carbocycles. The number of benzene rings is 3. The number of morpholine rings is 1. The molecule has 3 aromatic rings. The van der Waals surface area contributed by atoms with Crippen LogP contribution in [-0.2, 0) is 20.9 Å². The van der Waals surface area contributed by atoms with Crippen LogP contribution in [0.3, 0.4) is 0 Å². The maximum Gasteiger partial charge on any atom is 0.261 e. The Labute approximate surface area is 224 Å². The van der Waals surface area contributed by atoms with Crippen molar-refractivity contribution in [3.05, 3.63) is 96.1 Å². The smallest absolute Gasteiger partial charge is 0.261 e. The molecule has 1 aliphatic rings. The number of carbonyl (C=O) groups excluding carboxylic acids is 2. The first kappa shape index (κ1) is 27.2. The van der Waals surface area contributed by atoms with Gasteiger partial charge in [-0.15, -0.1) is 0 Å². The number of nitrogens with zero attached hydrogens (tertiary/aromatic N) is 2. The Balaban J connectivity index is 1.55. The summed E-state index contributed by atoms with van der Waals surface area (Å²) in [5.74, 6) is 0.795. The minimum atomic E-state index is -0.824. The van der Waals surface area contributed by atoms with Crippen LogP contribution in [0.25, 0.3) is 0 Å². The summed E-state index contributed by atoms with van der Waals surface area (Å²) < 4.78 is 16.5. The van der Waals surface area contributed by atoms with Crippen LogP contribution in [0, 0.1) is 0 Å². The van der Waals surface area contributed by atoms with Crippen LogP contribution in [0.1, 0.15) is 17.2 Å². The van der Waals surface area contributed by atoms with Gasteiger partial charge in [-0.3, -0.25) is 14.5 Å². The lowest BCUT2D eigenvalue weighted by Crippen LogP contribution is -2.47. The van der Waals surface area contributed by atoms with Gasteiger partial charge in [-0.1, -0.05) is 60.7 Å². The number of hydrogen-bond donors (Lipinski definition) is 1. The summed E-state index contributed by atoms with van der Waals surface area (Å²) in [4.78, 5) is 31.2. The van der Waals surface area contributed by atoms with Crippen LogP contribution >= 0.6 is 0 Å². The maximum absolute atomic E-state index is 13.7. The molecular weight excluding hydrogens is 482 g/mol. The minimum Gasteiger partial charge on any atom is -0.497 e. The van der Waals surface area contributed by atoms with E-state index in [2.05, 4.69) is 10.2 Å². The number of nitrogens with one attached hydrogen (secondary N) is 1. The molecule has 38 heavy (non-hydrogen) atoms. The lowest BCUT2D eigenvalue weighted by molar-refractivity contribution is -0.143. The molecule has 2 amide bonds. The fourth-order valence-electron chi connectivity index (χ4n) is 4.36. The fraction of sp³-hybridized carbons (Fsp3) is 0.333. The standard InChI is InChI=1S/C30H35N3O5/c1-36-26-14-12-24(13-15-26)22-33(28(34)23-38-27-10-6-3-7-11-27)29(25-8-4-2-5-9-25)30(35)31-16-17-32-18-20-37-21-19-32/h2-15,29H,16-23H2,1H3,(H,31,35). The van der Waals surface area contributed by atoms with Crippen LogP contribution in [0.2, 0.25) is 0 Å². The van der Waals surface area contributed by atoms with Crippen molar-refractivity contribution in [2.45, 2.75) is 12.6 Å². The van der Waals surface area contributed by atoms with E-state index in [0.29, 0.717) is 25.5 Å². The van der Waals surface area contributed by atoms with E-state index < -0.39 is 6.04 Å². The van der Waals surface area contributed by atoms with Crippen LogP contribution in [0.15, 0.2) is 84.9 Å². The third-order valence-corrected chi connectivity index (χ3v) is 6.44. The molecule has 0 bridgehead atoms. The van der Waals surface area contributed by atoms with Gasteiger partial charge in [-0.2, -0.15) is 0 Å². The Hall–Kier alpha value is -3.88. The molecule has 1 unspecified atom stereocenters. The number of para-hydroxylation sites is 1. The molecule has 0 radical (unpaired) electrons. The van der Waals surface area contributed by atoms with E-state index in [0.717, 1.165) is 36.5 Å². The highest BCUT2D eigenvalue weighted by atomic mass is 16.5. The van der Waals surface area contributed by atoms with Crippen molar-refractivity contribution in [1.82, 2.24) is 15.1 Å². The highest BCUT2D eigenvalue weighted by molar-refractivity contribution is 5.89. The van der Waals surface area contributed by atoms with Gasteiger partial charge in [0.15, 0.2) is 6.61 Å². The summed E-state index contributed by atoms with van der Waals surface area (Å²) >= 11 is 0. The molecule has 8 heteroatoms. The van der Waals surface area contributed by atoms with Crippen LogP contribution in [0.5, 0.6) is 11.5 Å². The van der Waals surface area contributed by atoms with Crippen molar-refractivity contribution in [3.63, 3.8) is 0 Å². The first-order valence-electron chi connectivity index (χ1n) is 12.9. The normalized spacial score (nSPS) is 14.3. The molecule has 1 atom stereocenters. The number of methoxy groups -OCH3 is 1. The largest absolute Gasteiger partial charge is 0.497 e. The SMILES string of the molecule is COc1ccc(CN(C(=O)COc2ccccc2)C(C(=O)NCCN2CCOCC2)c2ccccc2)cc1. The lowest BCUT2D eigenvalue weighted by atomic mass is 10.0. The van der Waals surface area contributed by atoms with E-state index in [1.807, 2.05) is 72.8 Å². The highest BCUT2D eigenvalue weighted by Crippen LogP contribution is 2.25. The summed E-state index contributed by atoms with van der Waals surface area (Å²) in [6.45, 7) is 4.33. The minimum absolute atomic E-state index is 0.190. The van der Waals surface area contributed by atoms with E-state index in [4.69, 9.17) is 14.2 Å². The van der Waals surface area contributed by atoms with Gasteiger partial charge in [0.2, 0.25) is 5.91 Å². The Morgan fingerprint density at radius 2 is 1.58 bits per heavy atom. The summed E-state index contributed by atoms with van der Waals surface area (Å²) in [6, 6.07) is 25.2. The van der Waals surface area contributed by atoms with Crippen molar-refractivity contribution in [1.29, 1.82) is 0 Å². The van der Waals surface area contributed by atoms with Crippen LogP contribution in [0.4, 0.5) is 0 Å². The number of rotatable bonds is 12. The van der Waals surface area contributed by atoms with Gasteiger partial charge in [0.25, 0.3) is 5.91 Å². The molecule has 0 saturated carbocycles. The average molecular weight is 518 g/mol. The quantitative estimate of drug-likeness (QED) is 0.397. The zero-order valence-corrected chi connectivity index (χ0v) is 21.8. The van der Waals surface area contributed by atoms with E-state index in [-0.39, 0.29) is 25.0 Å². The fourth-order valence-corrected chi connectivity index (χ4v) is 4.36. The Bertz CT molecular complexity index is 1140. The topological polar surface area (TPSA) is 80.3 Å². The zero-order chi connectivity index (χ0) is 26.6. The van der Waals surface area contributed by atoms with E-state index in [1.165, 1.54) is 0 Å². The Morgan fingerprint density at radius 1 is 0.921 bits per heavy atom. The maximum atomic E-state index is 13.7. The molecule has 1 heterocycles. The van der Waals surface area contributed by atoms with Gasteiger partial charge in [0.05, 0.1) is 20.3 Å². The third-order valence-electron chi connectivity index (χ3n) is 6.44. The van der Waals surface area contributed by atoms with Gasteiger partial charge in [0.1, 0.15) is 17.5 Å². The molecule has 8 nitrogen and oxygen atoms in total. The summed E-state index contributed by atoms with van der Waals surface area (Å²) in [5.41, 5.74) is 1.61. The molecule has 1 N–H and O–H groups in total. The van der Waals surface area contributed by atoms with E-state index in [9.17, 15) is 9.59 Å². The number of hydrogen-bond acceptors (Lipinski definition) is 6. The number of carbonyl (C=O) groups is 2. The predicted octanol–water partition coefficient (Wildman–Crippen LogP) is 3.29.